The molecule has 0 bridgehead atoms. The summed E-state index contributed by atoms with van der Waals surface area (Å²) in [6.45, 7) is 1.53. The molecule has 0 N–H and O–H groups in total. The number of hydrogen-bond acceptors (Lipinski definition) is 2. The molecule has 0 saturated carbocycles. The van der Waals surface area contributed by atoms with Gasteiger partial charge < -0.3 is 9.64 Å². The second kappa shape index (κ2) is 3.70. The van der Waals surface area contributed by atoms with E-state index in [1.807, 2.05) is 12.1 Å². The fourth-order valence-electron chi connectivity index (χ4n) is 1.77. The van der Waals surface area contributed by atoms with Crippen molar-refractivity contribution in [3.8, 4) is 5.75 Å². The van der Waals surface area contributed by atoms with E-state index in [4.69, 9.17) is 4.74 Å². The number of carbonyl (C=O) groups is 1. The van der Waals surface area contributed by atoms with E-state index in [1.165, 1.54) is 11.1 Å². The summed E-state index contributed by atoms with van der Waals surface area (Å²) in [6.07, 6.45) is 1.83. The van der Waals surface area contributed by atoms with Crippen molar-refractivity contribution >= 4 is 6.41 Å². The Hall–Kier alpha value is -1.51. The molecule has 0 saturated heterocycles. The molecule has 0 fully saturated rings. The summed E-state index contributed by atoms with van der Waals surface area (Å²) < 4.78 is 5.15. The lowest BCUT2D eigenvalue weighted by Crippen LogP contribution is -2.28. The van der Waals surface area contributed by atoms with E-state index in [0.29, 0.717) is 0 Å². The maximum atomic E-state index is 10.6. The number of amides is 1. The summed E-state index contributed by atoms with van der Waals surface area (Å²) in [6, 6.07) is 6.02. The minimum absolute atomic E-state index is 0.725. The average Bonchev–Trinajstić information content (AvgIpc) is 2.27. The Morgan fingerprint density at radius 2 is 2.29 bits per heavy atom. The highest BCUT2D eigenvalue weighted by molar-refractivity contribution is 5.49. The van der Waals surface area contributed by atoms with Crippen LogP contribution in [-0.2, 0) is 17.8 Å². The Balaban J connectivity index is 2.27. The van der Waals surface area contributed by atoms with E-state index >= 15 is 0 Å². The van der Waals surface area contributed by atoms with Crippen LogP contribution in [0.2, 0.25) is 0 Å². The molecule has 14 heavy (non-hydrogen) atoms. The molecule has 0 aromatic heterocycles. The van der Waals surface area contributed by atoms with Crippen molar-refractivity contribution in [2.24, 2.45) is 0 Å². The van der Waals surface area contributed by atoms with Crippen LogP contribution in [0.3, 0.4) is 0 Å². The number of rotatable bonds is 2. The summed E-state index contributed by atoms with van der Waals surface area (Å²) in [5, 5.41) is 0. The van der Waals surface area contributed by atoms with Crippen LogP contribution in [-0.4, -0.2) is 25.0 Å². The molecule has 1 aromatic carbocycles. The summed E-state index contributed by atoms with van der Waals surface area (Å²) in [5.74, 6) is 0.892. The molecule has 2 rings (SSSR count). The Morgan fingerprint density at radius 1 is 1.43 bits per heavy atom. The third-order valence-electron chi connectivity index (χ3n) is 2.60. The van der Waals surface area contributed by atoms with Gasteiger partial charge in [-0.1, -0.05) is 6.07 Å². The van der Waals surface area contributed by atoms with Gasteiger partial charge in [-0.2, -0.15) is 0 Å². The van der Waals surface area contributed by atoms with Crippen molar-refractivity contribution < 1.29 is 9.53 Å². The molecule has 0 spiro atoms. The van der Waals surface area contributed by atoms with Gasteiger partial charge >= 0.3 is 0 Å². The van der Waals surface area contributed by atoms with Gasteiger partial charge in [-0.3, -0.25) is 4.79 Å². The van der Waals surface area contributed by atoms with Gasteiger partial charge in [-0.05, 0) is 29.7 Å². The monoisotopic (exact) mass is 191 g/mol. The van der Waals surface area contributed by atoms with E-state index in [0.717, 1.165) is 31.7 Å². The highest BCUT2D eigenvalue weighted by Crippen LogP contribution is 2.22. The summed E-state index contributed by atoms with van der Waals surface area (Å²) in [7, 11) is 1.67. The van der Waals surface area contributed by atoms with Crippen molar-refractivity contribution in [1.82, 2.24) is 4.90 Å². The van der Waals surface area contributed by atoms with Gasteiger partial charge in [0.05, 0.1) is 7.11 Å². The molecule has 3 nitrogen and oxygen atoms in total. The molecule has 0 unspecified atom stereocenters. The average molecular weight is 191 g/mol. The number of fused-ring (bicyclic) bond motifs is 1. The lowest BCUT2D eigenvalue weighted by atomic mass is 10.00. The minimum atomic E-state index is 0.725. The standard InChI is InChI=1S/C11H13NO2/c1-14-11-3-2-10-7-12(8-13)5-4-9(10)6-11/h2-3,6,8H,4-5,7H2,1H3. The van der Waals surface area contributed by atoms with Crippen LogP contribution >= 0.6 is 0 Å². The molecule has 0 radical (unpaired) electrons. The molecule has 0 atom stereocenters. The zero-order valence-corrected chi connectivity index (χ0v) is 8.19. The SMILES string of the molecule is COc1ccc2c(c1)CCN(C=O)C2. The van der Waals surface area contributed by atoms with Crippen LogP contribution < -0.4 is 4.74 Å². The van der Waals surface area contributed by atoms with E-state index < -0.39 is 0 Å². The van der Waals surface area contributed by atoms with Gasteiger partial charge in [-0.15, -0.1) is 0 Å². The molecule has 74 valence electrons. The molecule has 1 amide bonds. The van der Waals surface area contributed by atoms with Crippen LogP contribution in [0.5, 0.6) is 5.75 Å². The number of benzene rings is 1. The maximum Gasteiger partial charge on any atom is 0.210 e. The Morgan fingerprint density at radius 3 is 3.00 bits per heavy atom. The van der Waals surface area contributed by atoms with Gasteiger partial charge in [0.25, 0.3) is 0 Å². The minimum Gasteiger partial charge on any atom is -0.497 e. The van der Waals surface area contributed by atoms with Crippen LogP contribution in [0.4, 0.5) is 0 Å². The topological polar surface area (TPSA) is 29.5 Å². The van der Waals surface area contributed by atoms with E-state index in [1.54, 1.807) is 12.0 Å². The highest BCUT2D eigenvalue weighted by atomic mass is 16.5. The van der Waals surface area contributed by atoms with Crippen molar-refractivity contribution in [2.75, 3.05) is 13.7 Å². The predicted molar refractivity (Wildman–Crippen MR) is 53.2 cm³/mol. The Bertz CT molecular complexity index is 349. The number of methoxy groups -OCH3 is 1. The third kappa shape index (κ3) is 1.58. The first kappa shape index (κ1) is 9.06. The number of carbonyl (C=O) groups excluding carboxylic acids is 1. The van der Waals surface area contributed by atoms with Crippen LogP contribution in [0.15, 0.2) is 18.2 Å². The molecular formula is C11H13NO2. The van der Waals surface area contributed by atoms with Crippen LogP contribution in [0.25, 0.3) is 0 Å². The third-order valence-corrected chi connectivity index (χ3v) is 2.60. The fraction of sp³-hybridized carbons (Fsp3) is 0.364. The first-order chi connectivity index (χ1) is 6.83. The molecule has 1 aliphatic rings. The molecule has 3 heteroatoms. The summed E-state index contributed by atoms with van der Waals surface area (Å²) in [4.78, 5) is 12.4. The lowest BCUT2D eigenvalue weighted by molar-refractivity contribution is -0.118. The van der Waals surface area contributed by atoms with Crippen molar-refractivity contribution in [3.05, 3.63) is 29.3 Å². The molecule has 0 aliphatic carbocycles. The zero-order valence-electron chi connectivity index (χ0n) is 8.19. The van der Waals surface area contributed by atoms with Gasteiger partial charge in [0, 0.05) is 13.1 Å². The largest absolute Gasteiger partial charge is 0.497 e. The van der Waals surface area contributed by atoms with Gasteiger partial charge in [-0.25, -0.2) is 0 Å². The fourth-order valence-corrected chi connectivity index (χ4v) is 1.77. The summed E-state index contributed by atoms with van der Waals surface area (Å²) >= 11 is 0. The highest BCUT2D eigenvalue weighted by Gasteiger charge is 2.14. The number of nitrogens with zero attached hydrogens (tertiary/aromatic N) is 1. The Labute approximate surface area is 83.3 Å². The van der Waals surface area contributed by atoms with Crippen molar-refractivity contribution in [3.63, 3.8) is 0 Å². The molecule has 1 aliphatic heterocycles. The van der Waals surface area contributed by atoms with E-state index in [-0.39, 0.29) is 0 Å². The van der Waals surface area contributed by atoms with Crippen molar-refractivity contribution in [2.45, 2.75) is 13.0 Å². The zero-order chi connectivity index (χ0) is 9.97. The molecule has 1 aromatic rings. The summed E-state index contributed by atoms with van der Waals surface area (Å²) in [5.41, 5.74) is 2.52. The van der Waals surface area contributed by atoms with Gasteiger partial charge in [0.2, 0.25) is 6.41 Å². The first-order valence-electron chi connectivity index (χ1n) is 4.68. The van der Waals surface area contributed by atoms with E-state index in [9.17, 15) is 4.79 Å². The first-order valence-corrected chi connectivity index (χ1v) is 4.68. The van der Waals surface area contributed by atoms with Crippen LogP contribution in [0.1, 0.15) is 11.1 Å². The van der Waals surface area contributed by atoms with Crippen molar-refractivity contribution in [1.29, 1.82) is 0 Å². The second-order valence-corrected chi connectivity index (χ2v) is 3.46. The smallest absolute Gasteiger partial charge is 0.210 e. The second-order valence-electron chi connectivity index (χ2n) is 3.46. The lowest BCUT2D eigenvalue weighted by Gasteiger charge is -2.25. The van der Waals surface area contributed by atoms with Gasteiger partial charge in [0.15, 0.2) is 0 Å². The Kier molecular flexibility index (Phi) is 2.39. The predicted octanol–water partition coefficient (Wildman–Crippen LogP) is 1.21. The normalized spacial score (nSPS) is 14.8. The number of hydrogen-bond donors (Lipinski definition) is 0. The van der Waals surface area contributed by atoms with E-state index in [2.05, 4.69) is 6.07 Å². The quantitative estimate of drug-likeness (QED) is 0.657. The van der Waals surface area contributed by atoms with Gasteiger partial charge in [0.1, 0.15) is 5.75 Å². The maximum absolute atomic E-state index is 10.6. The molecule has 1 heterocycles. The number of ether oxygens (including phenoxy) is 1. The van der Waals surface area contributed by atoms with Crippen LogP contribution in [0, 0.1) is 0 Å². The molecular weight excluding hydrogens is 178 g/mol.